The van der Waals surface area contributed by atoms with Crippen LogP contribution in [0.2, 0.25) is 0 Å². The highest BCUT2D eigenvalue weighted by molar-refractivity contribution is 6.06. The number of rotatable bonds is 8. The van der Waals surface area contributed by atoms with E-state index in [1.165, 1.54) is 0 Å². The summed E-state index contributed by atoms with van der Waals surface area (Å²) in [5, 5.41) is 0. The molecule has 0 heterocycles. The molecule has 0 N–H and O–H groups in total. The molecular formula is C23H23NO3. The molecule has 0 aliphatic carbocycles. The monoisotopic (exact) mass is 361 g/mol. The van der Waals surface area contributed by atoms with E-state index in [-0.39, 0.29) is 5.91 Å². The maximum absolute atomic E-state index is 12.9. The Bertz CT molecular complexity index is 850. The number of benzene rings is 3. The van der Waals surface area contributed by atoms with E-state index in [0.717, 1.165) is 11.4 Å². The number of hydrogen-bond donors (Lipinski definition) is 0. The molecule has 27 heavy (non-hydrogen) atoms. The first kappa shape index (κ1) is 18.5. The number of carbonyl (C=O) groups excluding carboxylic acids is 1. The van der Waals surface area contributed by atoms with E-state index in [9.17, 15) is 4.79 Å². The lowest BCUT2D eigenvalue weighted by Gasteiger charge is -2.21. The quantitative estimate of drug-likeness (QED) is 0.541. The van der Waals surface area contributed by atoms with Gasteiger partial charge in [-0.2, -0.15) is 0 Å². The first-order valence-corrected chi connectivity index (χ1v) is 9.05. The van der Waals surface area contributed by atoms with Crippen LogP contribution < -0.4 is 14.4 Å². The average Bonchev–Trinajstić information content (AvgIpc) is 2.73. The van der Waals surface area contributed by atoms with E-state index >= 15 is 0 Å². The minimum Gasteiger partial charge on any atom is -0.490 e. The molecule has 0 saturated carbocycles. The molecule has 0 fully saturated rings. The Hall–Kier alpha value is -3.27. The normalized spacial score (nSPS) is 10.3. The number of ether oxygens (including phenoxy) is 2. The molecule has 0 aromatic heterocycles. The van der Waals surface area contributed by atoms with Gasteiger partial charge in [-0.15, -0.1) is 0 Å². The third-order valence-corrected chi connectivity index (χ3v) is 4.07. The molecule has 3 rings (SSSR count). The van der Waals surface area contributed by atoms with Crippen LogP contribution in [-0.2, 0) is 0 Å². The van der Waals surface area contributed by atoms with E-state index in [1.807, 2.05) is 79.7 Å². The van der Waals surface area contributed by atoms with Crippen molar-refractivity contribution in [3.63, 3.8) is 0 Å². The Morgan fingerprint density at radius 2 is 1.37 bits per heavy atom. The molecule has 4 nitrogen and oxygen atoms in total. The van der Waals surface area contributed by atoms with Gasteiger partial charge in [-0.1, -0.05) is 42.5 Å². The van der Waals surface area contributed by atoms with Gasteiger partial charge in [0, 0.05) is 17.8 Å². The zero-order valence-corrected chi connectivity index (χ0v) is 15.4. The highest BCUT2D eigenvalue weighted by atomic mass is 16.5. The van der Waals surface area contributed by atoms with Crippen molar-refractivity contribution in [1.82, 2.24) is 0 Å². The minimum atomic E-state index is -0.0466. The average molecular weight is 361 g/mol. The molecule has 0 radical (unpaired) electrons. The summed E-state index contributed by atoms with van der Waals surface area (Å²) in [6.07, 6.45) is 0. The van der Waals surface area contributed by atoms with Crippen molar-refractivity contribution in [2.75, 3.05) is 24.7 Å². The van der Waals surface area contributed by atoms with E-state index in [4.69, 9.17) is 9.47 Å². The van der Waals surface area contributed by atoms with Gasteiger partial charge in [-0.05, 0) is 49.4 Å². The molecule has 0 aliphatic rings. The second kappa shape index (κ2) is 9.43. The van der Waals surface area contributed by atoms with Crippen LogP contribution in [0.15, 0.2) is 84.9 Å². The molecule has 3 aromatic rings. The summed E-state index contributed by atoms with van der Waals surface area (Å²) in [6, 6.07) is 26.5. The lowest BCUT2D eigenvalue weighted by Crippen LogP contribution is -2.30. The molecule has 0 spiro atoms. The number of nitrogens with zero attached hydrogens (tertiary/aromatic N) is 1. The topological polar surface area (TPSA) is 38.8 Å². The maximum Gasteiger partial charge on any atom is 0.258 e. The van der Waals surface area contributed by atoms with Crippen LogP contribution in [0, 0.1) is 0 Å². The zero-order chi connectivity index (χ0) is 18.9. The van der Waals surface area contributed by atoms with E-state index < -0.39 is 0 Å². The van der Waals surface area contributed by atoms with Crippen LogP contribution >= 0.6 is 0 Å². The Morgan fingerprint density at radius 1 is 0.778 bits per heavy atom. The molecule has 3 aromatic carbocycles. The van der Waals surface area contributed by atoms with Gasteiger partial charge in [-0.25, -0.2) is 0 Å². The van der Waals surface area contributed by atoms with Crippen molar-refractivity contribution in [2.45, 2.75) is 6.92 Å². The fourth-order valence-electron chi connectivity index (χ4n) is 2.76. The summed E-state index contributed by atoms with van der Waals surface area (Å²) in [5.41, 5.74) is 1.48. The van der Waals surface area contributed by atoms with Crippen molar-refractivity contribution in [2.24, 2.45) is 0 Å². The minimum absolute atomic E-state index is 0.0466. The van der Waals surface area contributed by atoms with Crippen LogP contribution in [-0.4, -0.2) is 25.7 Å². The van der Waals surface area contributed by atoms with Gasteiger partial charge in [0.25, 0.3) is 5.91 Å². The lowest BCUT2D eigenvalue weighted by molar-refractivity contribution is 0.0988. The van der Waals surface area contributed by atoms with Crippen LogP contribution in [0.1, 0.15) is 17.3 Å². The predicted octanol–water partition coefficient (Wildman–Crippen LogP) is 4.81. The SMILES string of the molecule is CCN(C(=O)c1cccc(OCCOc2ccccc2)c1)c1ccccc1. The van der Waals surface area contributed by atoms with Crippen molar-refractivity contribution in [3.05, 3.63) is 90.5 Å². The Kier molecular flexibility index (Phi) is 6.47. The van der Waals surface area contributed by atoms with Gasteiger partial charge in [0.2, 0.25) is 0 Å². The highest BCUT2D eigenvalue weighted by Crippen LogP contribution is 2.19. The summed E-state index contributed by atoms with van der Waals surface area (Å²) in [5.74, 6) is 1.42. The second-order valence-corrected chi connectivity index (χ2v) is 5.92. The number of para-hydroxylation sites is 2. The molecule has 0 saturated heterocycles. The highest BCUT2D eigenvalue weighted by Gasteiger charge is 2.16. The fraction of sp³-hybridized carbons (Fsp3) is 0.174. The lowest BCUT2D eigenvalue weighted by atomic mass is 10.1. The molecule has 1 amide bonds. The Balaban J connectivity index is 1.60. The number of carbonyl (C=O) groups is 1. The van der Waals surface area contributed by atoms with Crippen molar-refractivity contribution in [1.29, 1.82) is 0 Å². The van der Waals surface area contributed by atoms with Crippen LogP contribution in [0.3, 0.4) is 0 Å². The van der Waals surface area contributed by atoms with Crippen molar-refractivity contribution >= 4 is 11.6 Å². The third-order valence-electron chi connectivity index (χ3n) is 4.07. The molecule has 0 bridgehead atoms. The van der Waals surface area contributed by atoms with Crippen LogP contribution in [0.25, 0.3) is 0 Å². The third kappa shape index (κ3) is 5.11. The van der Waals surface area contributed by atoms with Gasteiger partial charge >= 0.3 is 0 Å². The standard InChI is InChI=1S/C23H23NO3/c1-2-24(20-11-5-3-6-12-20)23(25)19-10-9-15-22(18-19)27-17-16-26-21-13-7-4-8-14-21/h3-15,18H,2,16-17H2,1H3. The molecule has 0 unspecified atom stereocenters. The van der Waals surface area contributed by atoms with E-state index in [1.54, 1.807) is 17.0 Å². The summed E-state index contributed by atoms with van der Waals surface area (Å²) >= 11 is 0. The van der Waals surface area contributed by atoms with Gasteiger partial charge in [0.15, 0.2) is 0 Å². The van der Waals surface area contributed by atoms with Gasteiger partial charge in [0.1, 0.15) is 24.7 Å². The van der Waals surface area contributed by atoms with Crippen molar-refractivity contribution in [3.8, 4) is 11.5 Å². The largest absolute Gasteiger partial charge is 0.490 e. The number of anilines is 1. The van der Waals surface area contributed by atoms with Gasteiger partial charge in [-0.3, -0.25) is 4.79 Å². The molecule has 0 atom stereocenters. The first-order valence-electron chi connectivity index (χ1n) is 9.05. The summed E-state index contributed by atoms with van der Waals surface area (Å²) in [7, 11) is 0. The molecular weight excluding hydrogens is 338 g/mol. The Labute approximate surface area is 160 Å². The maximum atomic E-state index is 12.9. The van der Waals surface area contributed by atoms with Gasteiger partial charge in [0.05, 0.1) is 0 Å². The van der Waals surface area contributed by atoms with Crippen LogP contribution in [0.5, 0.6) is 11.5 Å². The van der Waals surface area contributed by atoms with Gasteiger partial charge < -0.3 is 14.4 Å². The number of amides is 1. The van der Waals surface area contributed by atoms with E-state index in [2.05, 4.69) is 0 Å². The molecule has 4 heteroatoms. The molecule has 0 aliphatic heterocycles. The smallest absolute Gasteiger partial charge is 0.258 e. The molecule has 138 valence electrons. The van der Waals surface area contributed by atoms with Crippen molar-refractivity contribution < 1.29 is 14.3 Å². The fourth-order valence-corrected chi connectivity index (χ4v) is 2.76. The zero-order valence-electron chi connectivity index (χ0n) is 15.4. The summed E-state index contributed by atoms with van der Waals surface area (Å²) in [6.45, 7) is 3.40. The Morgan fingerprint density at radius 3 is 2.04 bits per heavy atom. The predicted molar refractivity (Wildman–Crippen MR) is 108 cm³/mol. The first-order chi connectivity index (χ1) is 13.3. The number of hydrogen-bond acceptors (Lipinski definition) is 3. The van der Waals surface area contributed by atoms with Crippen LogP contribution in [0.4, 0.5) is 5.69 Å². The second-order valence-electron chi connectivity index (χ2n) is 5.92. The summed E-state index contributed by atoms with van der Waals surface area (Å²) < 4.78 is 11.4. The summed E-state index contributed by atoms with van der Waals surface area (Å²) in [4.78, 5) is 14.6. The van der Waals surface area contributed by atoms with E-state index in [0.29, 0.717) is 31.1 Å².